The molecule has 0 amide bonds. The van der Waals surface area contributed by atoms with Gasteiger partial charge in [-0.1, -0.05) is 25.1 Å². The summed E-state index contributed by atoms with van der Waals surface area (Å²) in [6.07, 6.45) is 0.243. The SMILES string of the molecule is CC[C@@]1(OPO)C(=O)OCc2c1cc1n(c2=O)Cc2cc3ccccc3nc2-1. The van der Waals surface area contributed by atoms with Gasteiger partial charge in [0.1, 0.15) is 6.61 Å². The molecule has 0 saturated heterocycles. The minimum absolute atomic E-state index is 0.0985. The van der Waals surface area contributed by atoms with Gasteiger partial charge in [0, 0.05) is 16.5 Å². The van der Waals surface area contributed by atoms with Crippen LogP contribution in [0.25, 0.3) is 22.3 Å². The summed E-state index contributed by atoms with van der Waals surface area (Å²) in [5, 5.41) is 1.01. The second kappa shape index (κ2) is 6.21. The summed E-state index contributed by atoms with van der Waals surface area (Å²) < 4.78 is 12.4. The molecule has 1 aromatic carbocycles. The van der Waals surface area contributed by atoms with E-state index in [0.29, 0.717) is 23.4 Å². The quantitative estimate of drug-likeness (QED) is 0.423. The molecular formula is C20H17N2O5P. The predicted molar refractivity (Wildman–Crippen MR) is 104 cm³/mol. The molecule has 2 aliphatic heterocycles. The topological polar surface area (TPSA) is 90.7 Å². The number of pyridine rings is 2. The number of hydrogen-bond donors (Lipinski definition) is 1. The summed E-state index contributed by atoms with van der Waals surface area (Å²) in [4.78, 5) is 39.9. The molecule has 2 aromatic heterocycles. The highest BCUT2D eigenvalue weighted by molar-refractivity contribution is 7.25. The van der Waals surface area contributed by atoms with Crippen LogP contribution < -0.4 is 5.56 Å². The van der Waals surface area contributed by atoms with Gasteiger partial charge in [-0.25, -0.2) is 9.78 Å². The largest absolute Gasteiger partial charge is 0.458 e. The van der Waals surface area contributed by atoms with Crippen LogP contribution in [0.5, 0.6) is 0 Å². The van der Waals surface area contributed by atoms with Crippen molar-refractivity contribution in [3.63, 3.8) is 0 Å². The number of ether oxygens (including phenoxy) is 1. The third-order valence-corrected chi connectivity index (χ3v) is 6.04. The summed E-state index contributed by atoms with van der Waals surface area (Å²) in [7, 11) is -0.903. The Balaban J connectivity index is 1.79. The first-order valence-corrected chi connectivity index (χ1v) is 9.85. The van der Waals surface area contributed by atoms with E-state index in [-0.39, 0.29) is 18.6 Å². The molecule has 0 fully saturated rings. The number of cyclic esters (lactones) is 1. The van der Waals surface area contributed by atoms with Crippen molar-refractivity contribution in [3.05, 3.63) is 63.4 Å². The lowest BCUT2D eigenvalue weighted by atomic mass is 9.86. The smallest absolute Gasteiger partial charge is 0.343 e. The van der Waals surface area contributed by atoms with Gasteiger partial charge >= 0.3 is 5.97 Å². The summed E-state index contributed by atoms with van der Waals surface area (Å²) in [6, 6.07) is 11.6. The van der Waals surface area contributed by atoms with E-state index < -0.39 is 20.6 Å². The van der Waals surface area contributed by atoms with Crippen LogP contribution in [0.3, 0.4) is 0 Å². The highest BCUT2D eigenvalue weighted by atomic mass is 31.1. The molecule has 0 radical (unpaired) electrons. The van der Waals surface area contributed by atoms with Crippen molar-refractivity contribution < 1.29 is 18.9 Å². The molecule has 7 nitrogen and oxygen atoms in total. The third kappa shape index (κ3) is 2.24. The van der Waals surface area contributed by atoms with E-state index in [1.165, 1.54) is 0 Å². The number of esters is 1. The lowest BCUT2D eigenvalue weighted by Gasteiger charge is -2.35. The van der Waals surface area contributed by atoms with E-state index in [1.807, 2.05) is 30.3 Å². The number of rotatable bonds is 3. The van der Waals surface area contributed by atoms with Crippen LogP contribution in [0.2, 0.25) is 0 Å². The fourth-order valence-electron chi connectivity index (χ4n) is 4.16. The van der Waals surface area contributed by atoms with E-state index in [4.69, 9.17) is 14.2 Å². The van der Waals surface area contributed by atoms with Gasteiger partial charge in [0.15, 0.2) is 14.6 Å². The Morgan fingerprint density at radius 1 is 1.32 bits per heavy atom. The monoisotopic (exact) mass is 396 g/mol. The molecular weight excluding hydrogens is 379 g/mol. The number of carbonyl (C=O) groups excluding carboxylic acids is 1. The summed E-state index contributed by atoms with van der Waals surface area (Å²) in [5.74, 6) is -0.585. The molecule has 8 heteroatoms. The van der Waals surface area contributed by atoms with Gasteiger partial charge in [0.2, 0.25) is 0 Å². The summed E-state index contributed by atoms with van der Waals surface area (Å²) in [5.41, 5.74) is 2.34. The number of nitrogens with zero attached hydrogens (tertiary/aromatic N) is 2. The molecule has 3 aromatic rings. The second-order valence-electron chi connectivity index (χ2n) is 6.95. The fraction of sp³-hybridized carbons (Fsp3) is 0.250. The maximum atomic E-state index is 13.2. The Kier molecular flexibility index (Phi) is 3.88. The molecule has 1 unspecified atom stereocenters. The minimum atomic E-state index is -1.48. The van der Waals surface area contributed by atoms with Gasteiger partial charge < -0.3 is 18.7 Å². The molecule has 2 aliphatic rings. The molecule has 0 spiro atoms. The van der Waals surface area contributed by atoms with Crippen molar-refractivity contribution in [1.82, 2.24) is 9.55 Å². The van der Waals surface area contributed by atoms with Crippen LogP contribution >= 0.6 is 9.03 Å². The van der Waals surface area contributed by atoms with Crippen LogP contribution in [0, 0.1) is 0 Å². The normalized spacial score (nSPS) is 20.3. The van der Waals surface area contributed by atoms with E-state index in [9.17, 15) is 14.5 Å². The Labute approximate surface area is 161 Å². The maximum absolute atomic E-state index is 13.2. The first-order chi connectivity index (χ1) is 13.6. The predicted octanol–water partition coefficient (Wildman–Crippen LogP) is 2.60. The zero-order valence-electron chi connectivity index (χ0n) is 15.1. The van der Waals surface area contributed by atoms with Crippen LogP contribution in [0.1, 0.15) is 30.0 Å². The molecule has 2 atom stereocenters. The van der Waals surface area contributed by atoms with Crippen LogP contribution in [0.4, 0.5) is 0 Å². The number of fused-ring (bicyclic) bond motifs is 5. The zero-order chi connectivity index (χ0) is 19.5. The molecule has 4 heterocycles. The molecule has 5 rings (SSSR count). The minimum Gasteiger partial charge on any atom is -0.458 e. The van der Waals surface area contributed by atoms with Crippen LogP contribution in [0.15, 0.2) is 41.2 Å². The lowest BCUT2D eigenvalue weighted by molar-refractivity contribution is -0.168. The average molecular weight is 396 g/mol. The van der Waals surface area contributed by atoms with Gasteiger partial charge in [-0.2, -0.15) is 0 Å². The number of aromatic nitrogens is 2. The standard InChI is InChI=1S/C20H17N2O5P/c1-2-20(27-28-25)14-8-16-17-12(7-11-5-3-4-6-15(11)21-17)9-22(16)18(23)13(14)10-26-19(20)24/h3-8,25,28H,2,9-10H2,1H3/t20-/m0/s1. The van der Waals surface area contributed by atoms with Gasteiger partial charge in [-0.05, 0) is 24.6 Å². The van der Waals surface area contributed by atoms with Crippen molar-refractivity contribution >= 4 is 25.9 Å². The highest BCUT2D eigenvalue weighted by Crippen LogP contribution is 2.43. The Morgan fingerprint density at radius 2 is 2.14 bits per heavy atom. The molecule has 142 valence electrons. The Hall–Kier alpha value is -2.60. The molecule has 0 saturated carbocycles. The fourth-order valence-corrected chi connectivity index (χ4v) is 4.65. The zero-order valence-corrected chi connectivity index (χ0v) is 16.1. The van der Waals surface area contributed by atoms with E-state index in [2.05, 4.69) is 0 Å². The van der Waals surface area contributed by atoms with Gasteiger partial charge in [-0.3, -0.25) is 4.79 Å². The van der Waals surface area contributed by atoms with Gasteiger partial charge in [-0.15, -0.1) is 0 Å². The van der Waals surface area contributed by atoms with E-state index in [0.717, 1.165) is 22.2 Å². The van der Waals surface area contributed by atoms with E-state index in [1.54, 1.807) is 17.6 Å². The highest BCUT2D eigenvalue weighted by Gasteiger charge is 2.48. The van der Waals surface area contributed by atoms with Crippen molar-refractivity contribution in [1.29, 1.82) is 0 Å². The van der Waals surface area contributed by atoms with Crippen molar-refractivity contribution in [2.45, 2.75) is 32.1 Å². The number of para-hydroxylation sites is 1. The van der Waals surface area contributed by atoms with E-state index >= 15 is 0 Å². The number of benzene rings is 1. The van der Waals surface area contributed by atoms with Gasteiger partial charge in [0.05, 0.1) is 29.0 Å². The lowest BCUT2D eigenvalue weighted by Crippen LogP contribution is -2.45. The second-order valence-corrected chi connectivity index (χ2v) is 7.34. The molecule has 0 aliphatic carbocycles. The first-order valence-electron chi connectivity index (χ1n) is 8.99. The molecule has 28 heavy (non-hydrogen) atoms. The van der Waals surface area contributed by atoms with Crippen molar-refractivity contribution in [2.75, 3.05) is 0 Å². The van der Waals surface area contributed by atoms with Crippen molar-refractivity contribution in [2.24, 2.45) is 0 Å². The Morgan fingerprint density at radius 3 is 2.93 bits per heavy atom. The van der Waals surface area contributed by atoms with Crippen LogP contribution in [-0.2, 0) is 32.8 Å². The molecule has 1 N–H and O–H groups in total. The van der Waals surface area contributed by atoms with Gasteiger partial charge in [0.25, 0.3) is 5.56 Å². The summed E-state index contributed by atoms with van der Waals surface area (Å²) in [6.45, 7) is 2.09. The summed E-state index contributed by atoms with van der Waals surface area (Å²) >= 11 is 0. The van der Waals surface area contributed by atoms with Crippen LogP contribution in [-0.4, -0.2) is 20.4 Å². The molecule has 0 bridgehead atoms. The third-order valence-electron chi connectivity index (χ3n) is 5.60. The number of hydrogen-bond acceptors (Lipinski definition) is 6. The van der Waals surface area contributed by atoms with Crippen molar-refractivity contribution in [3.8, 4) is 11.4 Å². The first kappa shape index (κ1) is 17.5. The average Bonchev–Trinajstić information content (AvgIpc) is 3.06. The number of carbonyl (C=O) groups is 1. The maximum Gasteiger partial charge on any atom is 0.343 e. The Bertz CT molecular complexity index is 1210.